The summed E-state index contributed by atoms with van der Waals surface area (Å²) in [4.78, 5) is 0. The number of aliphatic hydroxyl groups is 1. The highest BCUT2D eigenvalue weighted by Crippen LogP contribution is 2.51. The molecule has 2 saturated heterocycles. The molecule has 2 bridgehead atoms. The Hall–Kier alpha value is -1.19. The van der Waals surface area contributed by atoms with Crippen molar-refractivity contribution < 1.29 is 18.3 Å². The van der Waals surface area contributed by atoms with E-state index >= 15 is 0 Å². The lowest BCUT2D eigenvalue weighted by molar-refractivity contribution is -0.137. The molecule has 0 spiro atoms. The molecule has 0 aliphatic carbocycles. The minimum absolute atomic E-state index is 0.0707. The first-order valence-electron chi connectivity index (χ1n) is 6.81. The van der Waals surface area contributed by atoms with Crippen LogP contribution >= 0.6 is 11.8 Å². The van der Waals surface area contributed by atoms with E-state index in [0.29, 0.717) is 28.9 Å². The van der Waals surface area contributed by atoms with Crippen LogP contribution in [0.5, 0.6) is 0 Å². The number of hydrogen-bond donors (Lipinski definition) is 1. The first-order valence-corrected chi connectivity index (χ1v) is 7.76. The zero-order valence-corrected chi connectivity index (χ0v) is 12.0. The molecule has 1 N–H and O–H groups in total. The van der Waals surface area contributed by atoms with Gasteiger partial charge < -0.3 is 5.11 Å². The minimum Gasteiger partial charge on any atom is -0.385 e. The Morgan fingerprint density at radius 1 is 1.24 bits per heavy atom. The number of thioether (sulfide) groups is 1. The number of rotatable bonds is 1. The van der Waals surface area contributed by atoms with Crippen LogP contribution in [0.15, 0.2) is 18.2 Å². The Bertz CT molecular complexity index is 596. The molecular weight excluding hydrogens is 299 g/mol. The highest BCUT2D eigenvalue weighted by Gasteiger charge is 2.45. The second kappa shape index (κ2) is 4.92. The Morgan fingerprint density at radius 2 is 1.86 bits per heavy atom. The van der Waals surface area contributed by atoms with Crippen molar-refractivity contribution in [2.45, 2.75) is 48.0 Å². The molecule has 0 radical (unpaired) electrons. The van der Waals surface area contributed by atoms with Crippen molar-refractivity contribution in [1.82, 2.24) is 0 Å². The zero-order chi connectivity index (χ0) is 15.3. The van der Waals surface area contributed by atoms with Crippen molar-refractivity contribution in [3.8, 4) is 6.07 Å². The van der Waals surface area contributed by atoms with Crippen molar-refractivity contribution in [1.29, 1.82) is 5.26 Å². The minimum atomic E-state index is -4.48. The molecule has 0 aromatic heterocycles. The predicted molar refractivity (Wildman–Crippen MR) is 73.7 cm³/mol. The van der Waals surface area contributed by atoms with E-state index in [9.17, 15) is 18.3 Å². The number of nitriles is 1. The summed E-state index contributed by atoms with van der Waals surface area (Å²) in [6, 6.07) is 4.89. The molecule has 2 aliphatic rings. The predicted octanol–water partition coefficient (Wildman–Crippen LogP) is 3.82. The summed E-state index contributed by atoms with van der Waals surface area (Å²) in [6.45, 7) is 0. The molecule has 2 fully saturated rings. The summed E-state index contributed by atoms with van der Waals surface area (Å²) in [6.07, 6.45) is -1.41. The van der Waals surface area contributed by atoms with Crippen LogP contribution in [0.3, 0.4) is 0 Å². The fraction of sp³-hybridized carbons (Fsp3) is 0.533. The van der Waals surface area contributed by atoms with E-state index in [4.69, 9.17) is 5.26 Å². The fourth-order valence-corrected chi connectivity index (χ4v) is 5.19. The van der Waals surface area contributed by atoms with E-state index in [-0.39, 0.29) is 5.56 Å². The number of halogens is 3. The molecule has 0 amide bonds. The SMILES string of the molecule is N#Cc1cc(C(F)(F)F)ccc1C1(O)CC2CCC(C1)S2. The normalized spacial score (nSPS) is 32.0. The lowest BCUT2D eigenvalue weighted by atomic mass is 9.83. The fourth-order valence-electron chi connectivity index (χ4n) is 3.36. The van der Waals surface area contributed by atoms with Crippen LogP contribution in [-0.2, 0) is 11.8 Å². The van der Waals surface area contributed by atoms with Crippen LogP contribution in [-0.4, -0.2) is 15.6 Å². The van der Waals surface area contributed by atoms with Crippen LogP contribution in [0.1, 0.15) is 42.4 Å². The first-order chi connectivity index (χ1) is 9.82. The summed E-state index contributed by atoms with van der Waals surface area (Å²) >= 11 is 1.85. The van der Waals surface area contributed by atoms with Gasteiger partial charge in [-0.15, -0.1) is 0 Å². The third-order valence-electron chi connectivity index (χ3n) is 4.29. The number of fused-ring (bicyclic) bond motifs is 2. The van der Waals surface area contributed by atoms with Crippen LogP contribution in [0.25, 0.3) is 0 Å². The molecule has 1 aromatic carbocycles. The Kier molecular flexibility index (Phi) is 3.45. The van der Waals surface area contributed by atoms with Crippen LogP contribution in [0, 0.1) is 11.3 Å². The summed E-state index contributed by atoms with van der Waals surface area (Å²) < 4.78 is 38.2. The third kappa shape index (κ3) is 2.65. The van der Waals surface area contributed by atoms with Gasteiger partial charge in [0.1, 0.15) is 0 Å². The molecular formula is C15H14F3NOS. The summed E-state index contributed by atoms with van der Waals surface area (Å²) in [5, 5.41) is 20.7. The van der Waals surface area contributed by atoms with Gasteiger partial charge in [0.05, 0.1) is 22.8 Å². The molecule has 3 rings (SSSR count). The van der Waals surface area contributed by atoms with Crippen molar-refractivity contribution in [3.63, 3.8) is 0 Å². The number of benzene rings is 1. The van der Waals surface area contributed by atoms with E-state index in [0.717, 1.165) is 25.0 Å². The van der Waals surface area contributed by atoms with Gasteiger partial charge in [0.15, 0.2) is 0 Å². The van der Waals surface area contributed by atoms with Crippen molar-refractivity contribution in [2.75, 3.05) is 0 Å². The molecule has 0 saturated carbocycles. The van der Waals surface area contributed by atoms with Crippen molar-refractivity contribution in [3.05, 3.63) is 34.9 Å². The Morgan fingerprint density at radius 3 is 2.38 bits per heavy atom. The number of alkyl halides is 3. The largest absolute Gasteiger partial charge is 0.416 e. The van der Waals surface area contributed by atoms with Crippen LogP contribution in [0.2, 0.25) is 0 Å². The van der Waals surface area contributed by atoms with E-state index in [2.05, 4.69) is 0 Å². The molecule has 2 nitrogen and oxygen atoms in total. The van der Waals surface area contributed by atoms with E-state index in [1.165, 1.54) is 6.07 Å². The van der Waals surface area contributed by atoms with E-state index < -0.39 is 17.3 Å². The highest BCUT2D eigenvalue weighted by molar-refractivity contribution is 8.00. The second-order valence-electron chi connectivity index (χ2n) is 5.77. The molecule has 2 unspecified atom stereocenters. The summed E-state index contributed by atoms with van der Waals surface area (Å²) in [5.41, 5.74) is -1.75. The van der Waals surface area contributed by atoms with Gasteiger partial charge in [-0.1, -0.05) is 6.07 Å². The van der Waals surface area contributed by atoms with Gasteiger partial charge in [-0.2, -0.15) is 30.2 Å². The average Bonchev–Trinajstić information content (AvgIpc) is 2.76. The standard InChI is InChI=1S/C15H14F3NOS/c16-15(17,18)10-1-4-13(9(5-10)8-19)14(20)6-11-2-3-12(7-14)21-11/h1,4-5,11-12,20H,2-3,6-7H2. The zero-order valence-electron chi connectivity index (χ0n) is 11.2. The molecule has 6 heteroatoms. The van der Waals surface area contributed by atoms with Gasteiger partial charge in [-0.3, -0.25) is 0 Å². The number of nitrogens with zero attached hydrogens (tertiary/aromatic N) is 1. The van der Waals surface area contributed by atoms with Gasteiger partial charge in [-0.05, 0) is 37.8 Å². The van der Waals surface area contributed by atoms with Gasteiger partial charge in [0, 0.05) is 16.1 Å². The van der Waals surface area contributed by atoms with Crippen molar-refractivity contribution in [2.24, 2.45) is 0 Å². The lowest BCUT2D eigenvalue weighted by Crippen LogP contribution is -2.35. The average molecular weight is 313 g/mol. The van der Waals surface area contributed by atoms with Gasteiger partial charge >= 0.3 is 6.18 Å². The lowest BCUT2D eigenvalue weighted by Gasteiger charge is -2.37. The molecule has 2 atom stereocenters. The maximum Gasteiger partial charge on any atom is 0.416 e. The van der Waals surface area contributed by atoms with Gasteiger partial charge in [-0.25, -0.2) is 0 Å². The molecule has 1 aromatic rings. The van der Waals surface area contributed by atoms with Crippen LogP contribution < -0.4 is 0 Å². The quantitative estimate of drug-likeness (QED) is 0.857. The van der Waals surface area contributed by atoms with E-state index in [1.807, 2.05) is 17.8 Å². The van der Waals surface area contributed by atoms with Gasteiger partial charge in [0.2, 0.25) is 0 Å². The van der Waals surface area contributed by atoms with Crippen LogP contribution in [0.4, 0.5) is 13.2 Å². The molecule has 21 heavy (non-hydrogen) atoms. The monoisotopic (exact) mass is 313 g/mol. The topological polar surface area (TPSA) is 44.0 Å². The molecule has 112 valence electrons. The third-order valence-corrected chi connectivity index (χ3v) is 5.87. The van der Waals surface area contributed by atoms with Crippen molar-refractivity contribution >= 4 is 11.8 Å². The van der Waals surface area contributed by atoms with E-state index in [1.54, 1.807) is 0 Å². The summed E-state index contributed by atoms with van der Waals surface area (Å²) in [7, 11) is 0. The molecule has 2 heterocycles. The highest BCUT2D eigenvalue weighted by atomic mass is 32.2. The number of hydrogen-bond acceptors (Lipinski definition) is 3. The molecule has 2 aliphatic heterocycles. The Balaban J connectivity index is 2.01. The maximum atomic E-state index is 12.7. The maximum absolute atomic E-state index is 12.7. The Labute approximate surface area is 125 Å². The first kappa shape index (κ1) is 14.7. The smallest absolute Gasteiger partial charge is 0.385 e. The second-order valence-corrected chi connectivity index (χ2v) is 7.37. The summed E-state index contributed by atoms with van der Waals surface area (Å²) in [5.74, 6) is 0. The van der Waals surface area contributed by atoms with Gasteiger partial charge in [0.25, 0.3) is 0 Å².